The van der Waals surface area contributed by atoms with Gasteiger partial charge in [-0.3, -0.25) is 4.79 Å². The summed E-state index contributed by atoms with van der Waals surface area (Å²) in [7, 11) is 0. The lowest BCUT2D eigenvalue weighted by molar-refractivity contribution is 0.0698. The maximum absolute atomic E-state index is 12.4. The van der Waals surface area contributed by atoms with Crippen molar-refractivity contribution in [3.05, 3.63) is 53.2 Å². The van der Waals surface area contributed by atoms with E-state index in [1.165, 1.54) is 24.3 Å². The fraction of sp³-hybridized carbons (Fsp3) is 0. The summed E-state index contributed by atoms with van der Waals surface area (Å²) in [5.74, 6) is -1.90. The van der Waals surface area contributed by atoms with E-state index >= 15 is 0 Å². The Morgan fingerprint density at radius 1 is 1.25 bits per heavy atom. The fourth-order valence-electron chi connectivity index (χ4n) is 2.20. The summed E-state index contributed by atoms with van der Waals surface area (Å²) in [5.41, 5.74) is 6.48. The number of nitrogen functional groups attached to an aromatic ring is 1. The van der Waals surface area contributed by atoms with Crippen molar-refractivity contribution < 1.29 is 19.2 Å². The van der Waals surface area contributed by atoms with Crippen molar-refractivity contribution in [2.45, 2.75) is 0 Å². The van der Waals surface area contributed by atoms with Gasteiger partial charge in [0, 0.05) is 11.8 Å². The van der Waals surface area contributed by atoms with Gasteiger partial charge in [0.25, 0.3) is 5.91 Å². The van der Waals surface area contributed by atoms with Crippen LogP contribution < -0.4 is 11.1 Å². The van der Waals surface area contributed by atoms with Crippen molar-refractivity contribution in [2.75, 3.05) is 11.1 Å². The molecule has 0 aliphatic carbocycles. The Hall–Kier alpha value is -3.86. The molecule has 8 heteroatoms. The molecule has 3 rings (SSSR count). The number of carboxylic acid groups (broad SMARTS) is 1. The number of nitrogens with one attached hydrogen (secondary N) is 1. The van der Waals surface area contributed by atoms with Crippen molar-refractivity contribution in [1.82, 2.24) is 5.16 Å². The van der Waals surface area contributed by atoms with Gasteiger partial charge >= 0.3 is 5.97 Å². The number of hydrogen-bond acceptors (Lipinski definition) is 6. The first-order chi connectivity index (χ1) is 11.5. The Labute approximate surface area is 135 Å². The number of rotatable bonds is 3. The molecule has 0 saturated heterocycles. The minimum Gasteiger partial charge on any atom is -0.478 e. The molecule has 0 unspecified atom stereocenters. The summed E-state index contributed by atoms with van der Waals surface area (Å²) in [6.45, 7) is 0. The predicted octanol–water partition coefficient (Wildman–Crippen LogP) is 2.23. The SMILES string of the molecule is N#Cc1ccc(NC(=O)c2noc3cc(N)ccc23)c(C(=O)O)c1. The number of carbonyl (C=O) groups is 2. The average Bonchev–Trinajstić information content (AvgIpc) is 2.98. The number of nitrogens with two attached hydrogens (primary N) is 1. The minimum atomic E-state index is -1.26. The van der Waals surface area contributed by atoms with Gasteiger partial charge in [-0.25, -0.2) is 4.79 Å². The number of carbonyl (C=O) groups excluding carboxylic acids is 1. The van der Waals surface area contributed by atoms with Crippen LogP contribution in [0.5, 0.6) is 0 Å². The number of carboxylic acids is 1. The zero-order chi connectivity index (χ0) is 17.3. The highest BCUT2D eigenvalue weighted by Crippen LogP contribution is 2.23. The van der Waals surface area contributed by atoms with E-state index in [9.17, 15) is 14.7 Å². The van der Waals surface area contributed by atoms with Gasteiger partial charge in [-0.15, -0.1) is 0 Å². The molecule has 0 aliphatic heterocycles. The third kappa shape index (κ3) is 2.62. The average molecular weight is 322 g/mol. The summed E-state index contributed by atoms with van der Waals surface area (Å²) in [5, 5.41) is 24.7. The lowest BCUT2D eigenvalue weighted by atomic mass is 10.1. The van der Waals surface area contributed by atoms with Crippen LogP contribution in [-0.2, 0) is 0 Å². The molecule has 0 saturated carbocycles. The fourth-order valence-corrected chi connectivity index (χ4v) is 2.20. The van der Waals surface area contributed by atoms with Crippen LogP contribution in [0.3, 0.4) is 0 Å². The van der Waals surface area contributed by atoms with Crippen LogP contribution in [-0.4, -0.2) is 22.1 Å². The standard InChI is InChI=1S/C16H10N4O4/c17-7-8-1-4-12(11(5-8)16(22)23)19-15(21)14-10-3-2-9(18)6-13(10)24-20-14/h1-6H,18H2,(H,19,21)(H,22,23). The number of fused-ring (bicyclic) bond motifs is 1. The third-order valence-corrected chi connectivity index (χ3v) is 3.34. The monoisotopic (exact) mass is 322 g/mol. The summed E-state index contributed by atoms with van der Waals surface area (Å²) in [6, 6.07) is 10.5. The number of nitriles is 1. The number of anilines is 2. The van der Waals surface area contributed by atoms with Crippen molar-refractivity contribution in [2.24, 2.45) is 0 Å². The summed E-state index contributed by atoms with van der Waals surface area (Å²) in [4.78, 5) is 23.7. The van der Waals surface area contributed by atoms with E-state index in [1.54, 1.807) is 12.1 Å². The maximum atomic E-state index is 12.4. The lowest BCUT2D eigenvalue weighted by Crippen LogP contribution is -2.15. The molecular formula is C16H10N4O4. The molecule has 0 atom stereocenters. The van der Waals surface area contributed by atoms with Gasteiger partial charge < -0.3 is 20.7 Å². The molecule has 8 nitrogen and oxygen atoms in total. The van der Waals surface area contributed by atoms with Crippen LogP contribution in [0.25, 0.3) is 11.0 Å². The maximum Gasteiger partial charge on any atom is 0.337 e. The topological polar surface area (TPSA) is 142 Å². The van der Waals surface area contributed by atoms with Gasteiger partial charge in [-0.2, -0.15) is 5.26 Å². The molecule has 1 amide bonds. The van der Waals surface area contributed by atoms with Crippen LogP contribution in [0.1, 0.15) is 26.4 Å². The van der Waals surface area contributed by atoms with Gasteiger partial charge in [0.05, 0.1) is 28.3 Å². The van der Waals surface area contributed by atoms with Crippen molar-refractivity contribution in [3.8, 4) is 6.07 Å². The second-order valence-corrected chi connectivity index (χ2v) is 4.92. The van der Waals surface area contributed by atoms with Crippen molar-refractivity contribution in [3.63, 3.8) is 0 Å². The zero-order valence-corrected chi connectivity index (χ0v) is 12.1. The van der Waals surface area contributed by atoms with Crippen LogP contribution in [0.15, 0.2) is 40.9 Å². The number of nitrogens with zero attached hydrogens (tertiary/aromatic N) is 2. The van der Waals surface area contributed by atoms with E-state index < -0.39 is 11.9 Å². The van der Waals surface area contributed by atoms with Crippen LogP contribution in [0.4, 0.5) is 11.4 Å². The summed E-state index contributed by atoms with van der Waals surface area (Å²) in [6.07, 6.45) is 0. The molecule has 0 bridgehead atoms. The molecule has 0 spiro atoms. The first-order valence-corrected chi connectivity index (χ1v) is 6.73. The molecule has 1 aromatic heterocycles. The first-order valence-electron chi connectivity index (χ1n) is 6.73. The third-order valence-electron chi connectivity index (χ3n) is 3.34. The summed E-state index contributed by atoms with van der Waals surface area (Å²) >= 11 is 0. The molecule has 3 aromatic rings. The Morgan fingerprint density at radius 2 is 2.04 bits per heavy atom. The molecule has 0 fully saturated rings. The van der Waals surface area contributed by atoms with E-state index in [4.69, 9.17) is 15.5 Å². The molecule has 2 aromatic carbocycles. The van der Waals surface area contributed by atoms with E-state index in [1.807, 2.05) is 6.07 Å². The highest BCUT2D eigenvalue weighted by atomic mass is 16.5. The van der Waals surface area contributed by atoms with E-state index in [0.29, 0.717) is 16.7 Å². The van der Waals surface area contributed by atoms with Crippen LogP contribution in [0, 0.1) is 11.3 Å². The van der Waals surface area contributed by atoms with Gasteiger partial charge in [-0.1, -0.05) is 5.16 Å². The largest absolute Gasteiger partial charge is 0.478 e. The van der Waals surface area contributed by atoms with Crippen LogP contribution in [0.2, 0.25) is 0 Å². The molecule has 1 heterocycles. The minimum absolute atomic E-state index is 0.00528. The number of benzene rings is 2. The number of hydrogen-bond donors (Lipinski definition) is 3. The van der Waals surface area contributed by atoms with Gasteiger partial charge in [0.15, 0.2) is 11.3 Å². The lowest BCUT2D eigenvalue weighted by Gasteiger charge is -2.07. The Morgan fingerprint density at radius 3 is 2.75 bits per heavy atom. The Balaban J connectivity index is 1.97. The molecule has 118 valence electrons. The second-order valence-electron chi connectivity index (χ2n) is 4.92. The number of aromatic carboxylic acids is 1. The van der Waals surface area contributed by atoms with Crippen molar-refractivity contribution >= 4 is 34.2 Å². The zero-order valence-electron chi connectivity index (χ0n) is 12.1. The molecule has 4 N–H and O–H groups in total. The molecular weight excluding hydrogens is 312 g/mol. The molecule has 0 radical (unpaired) electrons. The highest BCUT2D eigenvalue weighted by molar-refractivity contribution is 6.12. The number of amides is 1. The van der Waals surface area contributed by atoms with Gasteiger partial charge in [-0.05, 0) is 30.3 Å². The molecule has 24 heavy (non-hydrogen) atoms. The Kier molecular flexibility index (Phi) is 3.60. The van der Waals surface area contributed by atoms with Crippen LogP contribution >= 0.6 is 0 Å². The van der Waals surface area contributed by atoms with Gasteiger partial charge in [0.1, 0.15) is 0 Å². The smallest absolute Gasteiger partial charge is 0.337 e. The van der Waals surface area contributed by atoms with E-state index in [-0.39, 0.29) is 22.5 Å². The van der Waals surface area contributed by atoms with Gasteiger partial charge in [0.2, 0.25) is 0 Å². The first kappa shape index (κ1) is 15.1. The van der Waals surface area contributed by atoms with Crippen molar-refractivity contribution in [1.29, 1.82) is 5.26 Å². The normalized spacial score (nSPS) is 10.3. The second kappa shape index (κ2) is 5.73. The Bertz CT molecular complexity index is 1020. The predicted molar refractivity (Wildman–Crippen MR) is 84.5 cm³/mol. The van der Waals surface area contributed by atoms with E-state index in [0.717, 1.165) is 0 Å². The van der Waals surface area contributed by atoms with E-state index in [2.05, 4.69) is 10.5 Å². The quantitative estimate of drug-likeness (QED) is 0.627. The highest BCUT2D eigenvalue weighted by Gasteiger charge is 2.19. The number of aromatic nitrogens is 1. The molecule has 0 aliphatic rings. The summed E-state index contributed by atoms with van der Waals surface area (Å²) < 4.78 is 5.05.